The lowest BCUT2D eigenvalue weighted by molar-refractivity contribution is -0.141. The number of amides is 3. The van der Waals surface area contributed by atoms with Crippen LogP contribution >= 0.6 is 0 Å². The molecule has 16 heteroatoms. The van der Waals surface area contributed by atoms with E-state index in [9.17, 15) is 14.4 Å². The third kappa shape index (κ3) is 14.9. The molecule has 0 aromatic carbocycles. The first kappa shape index (κ1) is 27.3. The Labute approximate surface area is 178 Å². The highest BCUT2D eigenvalue weighted by atomic mass is 16.2. The van der Waals surface area contributed by atoms with Gasteiger partial charge >= 0.3 is 0 Å². The van der Waals surface area contributed by atoms with Crippen LogP contribution in [0, 0.1) is 0 Å². The van der Waals surface area contributed by atoms with Gasteiger partial charge in [0.05, 0.1) is 19.6 Å². The van der Waals surface area contributed by atoms with Crippen LogP contribution < -0.4 is 11.1 Å². The molecule has 0 spiro atoms. The summed E-state index contributed by atoms with van der Waals surface area (Å²) >= 11 is 0. The van der Waals surface area contributed by atoms with E-state index in [0.29, 0.717) is 32.4 Å². The van der Waals surface area contributed by atoms with Crippen LogP contribution in [-0.4, -0.2) is 86.4 Å². The Morgan fingerprint density at radius 1 is 0.774 bits per heavy atom. The third-order valence-electron chi connectivity index (χ3n) is 3.83. The second kappa shape index (κ2) is 18.3. The highest BCUT2D eigenvalue weighted by Crippen LogP contribution is 2.00. The van der Waals surface area contributed by atoms with E-state index in [4.69, 9.17) is 22.3 Å². The molecule has 0 radical (unpaired) electrons. The largest absolute Gasteiger partial charge is 0.368 e. The average Bonchev–Trinajstić information content (AvgIpc) is 2.74. The average molecular weight is 437 g/mol. The fraction of sp³-hybridized carbons (Fsp3) is 0.800. The van der Waals surface area contributed by atoms with Crippen LogP contribution in [0.25, 0.3) is 31.3 Å². The van der Waals surface area contributed by atoms with Crippen molar-refractivity contribution in [3.63, 3.8) is 0 Å². The topological polar surface area (TPSA) is 242 Å². The lowest BCUT2D eigenvalue weighted by atomic mass is 10.3. The van der Waals surface area contributed by atoms with Gasteiger partial charge in [-0.05, 0) is 42.4 Å². The summed E-state index contributed by atoms with van der Waals surface area (Å²) in [5, 5.41) is 13.1. The molecule has 170 valence electrons. The minimum Gasteiger partial charge on any atom is -0.368 e. The zero-order valence-electron chi connectivity index (χ0n) is 17.2. The molecule has 0 bridgehead atoms. The van der Waals surface area contributed by atoms with Crippen molar-refractivity contribution in [1.29, 1.82) is 0 Å². The number of primary amides is 1. The summed E-state index contributed by atoms with van der Waals surface area (Å²) in [6.45, 7) is 0.698. The summed E-state index contributed by atoms with van der Waals surface area (Å²) in [6.07, 6.45) is 1.23. The SMILES string of the molecule is [N-]=[N+]=NCCCNCC(=O)N(CCCN=[N+]=[N-])CC(=O)N(CCCN=[N+]=[N-])CC(N)=O. The van der Waals surface area contributed by atoms with E-state index < -0.39 is 11.8 Å². The van der Waals surface area contributed by atoms with Gasteiger partial charge in [-0.2, -0.15) is 0 Å². The van der Waals surface area contributed by atoms with E-state index in [1.54, 1.807) is 0 Å². The molecule has 0 unspecified atom stereocenters. The number of hydrogen-bond donors (Lipinski definition) is 2. The van der Waals surface area contributed by atoms with Crippen molar-refractivity contribution in [3.05, 3.63) is 31.3 Å². The molecule has 0 saturated carbocycles. The molecule has 0 aliphatic heterocycles. The predicted octanol–water partition coefficient (Wildman–Crippen LogP) is 0.820. The van der Waals surface area contributed by atoms with Crippen molar-refractivity contribution in [1.82, 2.24) is 15.1 Å². The lowest BCUT2D eigenvalue weighted by Crippen LogP contribution is -2.48. The third-order valence-corrected chi connectivity index (χ3v) is 3.83. The normalized spacial score (nSPS) is 9.55. The monoisotopic (exact) mass is 437 g/mol. The second-order valence-corrected chi connectivity index (χ2v) is 6.20. The Kier molecular flexibility index (Phi) is 16.1. The quantitative estimate of drug-likeness (QED) is 0.137. The lowest BCUT2D eigenvalue weighted by Gasteiger charge is -2.27. The van der Waals surface area contributed by atoms with Gasteiger partial charge in [0, 0.05) is 47.5 Å². The summed E-state index contributed by atoms with van der Waals surface area (Å²) in [4.78, 5) is 46.9. The Bertz CT molecular complexity index is 724. The fourth-order valence-corrected chi connectivity index (χ4v) is 2.42. The maximum atomic E-state index is 12.7. The van der Waals surface area contributed by atoms with Crippen LogP contribution in [-0.2, 0) is 14.4 Å². The number of rotatable bonds is 18. The Morgan fingerprint density at radius 3 is 1.74 bits per heavy atom. The molecule has 0 atom stereocenters. The van der Waals surface area contributed by atoms with Crippen LogP contribution in [0.15, 0.2) is 15.3 Å². The molecule has 0 rings (SSSR count). The van der Waals surface area contributed by atoms with Crippen LogP contribution in [0.3, 0.4) is 0 Å². The molecule has 3 amide bonds. The number of carbonyl (C=O) groups excluding carboxylic acids is 3. The van der Waals surface area contributed by atoms with Crippen molar-refractivity contribution < 1.29 is 14.4 Å². The van der Waals surface area contributed by atoms with E-state index in [0.717, 1.165) is 0 Å². The number of hydrogen-bond acceptors (Lipinski definition) is 7. The zero-order valence-corrected chi connectivity index (χ0v) is 17.2. The van der Waals surface area contributed by atoms with Gasteiger partial charge in [0.2, 0.25) is 17.7 Å². The van der Waals surface area contributed by atoms with Gasteiger partial charge in [-0.15, -0.1) is 0 Å². The van der Waals surface area contributed by atoms with Gasteiger partial charge in [0.25, 0.3) is 0 Å². The predicted molar refractivity (Wildman–Crippen MR) is 111 cm³/mol. The second-order valence-electron chi connectivity index (χ2n) is 6.20. The van der Waals surface area contributed by atoms with Crippen molar-refractivity contribution in [3.8, 4) is 0 Å². The van der Waals surface area contributed by atoms with Gasteiger partial charge in [-0.1, -0.05) is 15.3 Å². The van der Waals surface area contributed by atoms with Crippen LogP contribution in [0.2, 0.25) is 0 Å². The molecule has 0 heterocycles. The Balaban J connectivity index is 4.95. The van der Waals surface area contributed by atoms with Crippen LogP contribution in [0.1, 0.15) is 19.3 Å². The number of nitrogens with one attached hydrogen (secondary N) is 1. The van der Waals surface area contributed by atoms with Gasteiger partial charge in [-0.25, -0.2) is 0 Å². The summed E-state index contributed by atoms with van der Waals surface area (Å²) in [5.41, 5.74) is 30.1. The molecule has 3 N–H and O–H groups in total. The smallest absolute Gasteiger partial charge is 0.242 e. The molecular weight excluding hydrogens is 410 g/mol. The highest BCUT2D eigenvalue weighted by Gasteiger charge is 2.21. The first-order chi connectivity index (χ1) is 15.0. The molecular formula is C15H27N13O3. The number of azide groups is 3. The number of carbonyl (C=O) groups is 3. The molecule has 0 aromatic rings. The minimum absolute atomic E-state index is 0.0439. The van der Waals surface area contributed by atoms with E-state index in [-0.39, 0.29) is 51.7 Å². The summed E-state index contributed by atoms with van der Waals surface area (Å²) in [6, 6.07) is 0. The van der Waals surface area contributed by atoms with Crippen molar-refractivity contribution in [2.45, 2.75) is 19.3 Å². The first-order valence-corrected chi connectivity index (χ1v) is 9.53. The maximum absolute atomic E-state index is 12.7. The van der Waals surface area contributed by atoms with Crippen LogP contribution in [0.5, 0.6) is 0 Å². The first-order valence-electron chi connectivity index (χ1n) is 9.53. The molecule has 0 aliphatic rings. The molecule has 0 saturated heterocycles. The Morgan fingerprint density at radius 2 is 1.26 bits per heavy atom. The standard InChI is InChI=1S/C15H27N13O3/c16-13(29)11-27(8-2-6-22-25-18)15(31)12-28(9-3-7-23-26-19)14(30)10-20-4-1-5-21-24-17/h20H,1-12H2,(H2,16,29). The zero-order chi connectivity index (χ0) is 23.3. The summed E-state index contributed by atoms with van der Waals surface area (Å²) < 4.78 is 0. The van der Waals surface area contributed by atoms with Gasteiger partial charge in [0.15, 0.2) is 0 Å². The maximum Gasteiger partial charge on any atom is 0.242 e. The number of nitrogens with two attached hydrogens (primary N) is 1. The van der Waals surface area contributed by atoms with Gasteiger partial charge in [-0.3, -0.25) is 14.4 Å². The van der Waals surface area contributed by atoms with Gasteiger partial charge in [0.1, 0.15) is 0 Å². The van der Waals surface area contributed by atoms with Crippen molar-refractivity contribution >= 4 is 17.7 Å². The fourth-order valence-electron chi connectivity index (χ4n) is 2.42. The molecule has 0 aromatic heterocycles. The van der Waals surface area contributed by atoms with Crippen molar-refractivity contribution in [2.75, 3.05) is 58.9 Å². The molecule has 31 heavy (non-hydrogen) atoms. The molecule has 16 nitrogen and oxygen atoms in total. The van der Waals surface area contributed by atoms with E-state index in [1.807, 2.05) is 0 Å². The van der Waals surface area contributed by atoms with E-state index >= 15 is 0 Å². The van der Waals surface area contributed by atoms with Crippen LogP contribution in [0.4, 0.5) is 0 Å². The summed E-state index contributed by atoms with van der Waals surface area (Å²) in [7, 11) is 0. The summed E-state index contributed by atoms with van der Waals surface area (Å²) in [5.74, 6) is -1.55. The molecule has 0 aliphatic carbocycles. The van der Waals surface area contributed by atoms with Gasteiger partial charge < -0.3 is 20.9 Å². The molecule has 0 fully saturated rings. The highest BCUT2D eigenvalue weighted by molar-refractivity contribution is 5.88. The van der Waals surface area contributed by atoms with Crippen molar-refractivity contribution in [2.24, 2.45) is 21.1 Å². The number of nitrogens with zero attached hydrogens (tertiary/aromatic N) is 11. The van der Waals surface area contributed by atoms with E-state index in [1.165, 1.54) is 9.80 Å². The Hall–Kier alpha value is -3.70. The minimum atomic E-state index is -0.708. The van der Waals surface area contributed by atoms with E-state index in [2.05, 4.69) is 35.4 Å².